The molecule has 136 valence electrons. The van der Waals surface area contributed by atoms with Crippen LogP contribution in [0.2, 0.25) is 0 Å². The Bertz CT molecular complexity index is 784. The predicted octanol–water partition coefficient (Wildman–Crippen LogP) is 3.17. The first-order valence-electron chi connectivity index (χ1n) is 9.50. The number of benzene rings is 2. The third-order valence-electron chi connectivity index (χ3n) is 5.96. The standard InChI is InChI=1S/C22H26N2O2/c1-23-15-19(25)20(16-9-3-2-4-10-16)24-18-12-6-5-11-17(18)22(21(24)26)13-7-8-14-22/h2-6,9-12,19-20,23,25H,7-8,13-15H2,1H3/t19?,20-/m0/s1. The van der Waals surface area contributed by atoms with Gasteiger partial charge in [0.2, 0.25) is 5.91 Å². The summed E-state index contributed by atoms with van der Waals surface area (Å²) in [6, 6.07) is 17.6. The Morgan fingerprint density at radius 3 is 2.42 bits per heavy atom. The Balaban J connectivity index is 1.84. The van der Waals surface area contributed by atoms with Crippen molar-refractivity contribution in [2.24, 2.45) is 0 Å². The Labute approximate surface area is 154 Å². The molecule has 4 rings (SSSR count). The van der Waals surface area contributed by atoms with Crippen molar-refractivity contribution < 1.29 is 9.90 Å². The van der Waals surface area contributed by atoms with Gasteiger partial charge in [-0.3, -0.25) is 4.79 Å². The maximum Gasteiger partial charge on any atom is 0.238 e. The van der Waals surface area contributed by atoms with Gasteiger partial charge in [0.1, 0.15) is 0 Å². The number of nitrogens with zero attached hydrogens (tertiary/aromatic N) is 1. The van der Waals surface area contributed by atoms with Crippen LogP contribution in [-0.4, -0.2) is 30.7 Å². The van der Waals surface area contributed by atoms with Gasteiger partial charge in [-0.25, -0.2) is 0 Å². The van der Waals surface area contributed by atoms with Gasteiger partial charge in [0.15, 0.2) is 0 Å². The van der Waals surface area contributed by atoms with Crippen molar-refractivity contribution in [2.75, 3.05) is 18.5 Å². The Morgan fingerprint density at radius 2 is 1.73 bits per heavy atom. The molecule has 2 atom stereocenters. The number of fused-ring (bicyclic) bond motifs is 2. The Kier molecular flexibility index (Phi) is 4.55. The molecular formula is C22H26N2O2. The molecule has 2 N–H and O–H groups in total. The maximum absolute atomic E-state index is 13.7. The van der Waals surface area contributed by atoms with Gasteiger partial charge in [-0.05, 0) is 37.1 Å². The number of aliphatic hydroxyl groups excluding tert-OH is 1. The highest BCUT2D eigenvalue weighted by Crippen LogP contribution is 2.53. The van der Waals surface area contributed by atoms with E-state index >= 15 is 0 Å². The summed E-state index contributed by atoms with van der Waals surface area (Å²) < 4.78 is 0. The Morgan fingerprint density at radius 1 is 1.08 bits per heavy atom. The van der Waals surface area contributed by atoms with Gasteiger partial charge < -0.3 is 15.3 Å². The van der Waals surface area contributed by atoms with Crippen LogP contribution < -0.4 is 10.2 Å². The summed E-state index contributed by atoms with van der Waals surface area (Å²) in [7, 11) is 1.82. The van der Waals surface area contributed by atoms with Crippen molar-refractivity contribution in [3.05, 3.63) is 65.7 Å². The van der Waals surface area contributed by atoms with Crippen molar-refractivity contribution in [3.63, 3.8) is 0 Å². The first-order valence-corrected chi connectivity index (χ1v) is 9.50. The highest BCUT2D eigenvalue weighted by molar-refractivity contribution is 6.09. The van der Waals surface area contributed by atoms with Crippen molar-refractivity contribution in [3.8, 4) is 0 Å². The molecule has 0 bridgehead atoms. The molecular weight excluding hydrogens is 324 g/mol. The minimum Gasteiger partial charge on any atom is -0.389 e. The largest absolute Gasteiger partial charge is 0.389 e. The normalized spacial score (nSPS) is 20.4. The van der Waals surface area contributed by atoms with Crippen LogP contribution in [0, 0.1) is 0 Å². The van der Waals surface area contributed by atoms with Gasteiger partial charge in [0.05, 0.1) is 17.6 Å². The second kappa shape index (κ2) is 6.86. The van der Waals surface area contributed by atoms with Crippen molar-refractivity contribution >= 4 is 11.6 Å². The molecule has 26 heavy (non-hydrogen) atoms. The molecule has 1 unspecified atom stereocenters. The number of hydrogen-bond donors (Lipinski definition) is 2. The van der Waals surface area contributed by atoms with Crippen LogP contribution >= 0.6 is 0 Å². The average molecular weight is 350 g/mol. The van der Waals surface area contributed by atoms with E-state index in [0.29, 0.717) is 6.54 Å². The van der Waals surface area contributed by atoms with Gasteiger partial charge in [0, 0.05) is 12.2 Å². The number of carbonyl (C=O) groups excluding carboxylic acids is 1. The van der Waals surface area contributed by atoms with E-state index in [1.165, 1.54) is 0 Å². The molecule has 4 heteroatoms. The van der Waals surface area contributed by atoms with Crippen LogP contribution in [0.25, 0.3) is 0 Å². The van der Waals surface area contributed by atoms with E-state index in [1.54, 1.807) is 0 Å². The molecule has 1 heterocycles. The second-order valence-corrected chi connectivity index (χ2v) is 7.46. The van der Waals surface area contributed by atoms with E-state index in [1.807, 2.05) is 60.5 Å². The molecule has 0 aromatic heterocycles. The summed E-state index contributed by atoms with van der Waals surface area (Å²) >= 11 is 0. The molecule has 4 nitrogen and oxygen atoms in total. The lowest BCUT2D eigenvalue weighted by Gasteiger charge is -2.34. The summed E-state index contributed by atoms with van der Waals surface area (Å²) in [5.74, 6) is 0.153. The number of likely N-dealkylation sites (N-methyl/N-ethyl adjacent to an activating group) is 1. The Hall–Kier alpha value is -2.17. The zero-order valence-electron chi connectivity index (χ0n) is 15.2. The number of para-hydroxylation sites is 1. The molecule has 1 amide bonds. The molecule has 2 aromatic carbocycles. The van der Waals surface area contributed by atoms with E-state index < -0.39 is 17.6 Å². The van der Waals surface area contributed by atoms with Gasteiger partial charge in [0.25, 0.3) is 0 Å². The summed E-state index contributed by atoms with van der Waals surface area (Å²) in [5, 5.41) is 14.0. The number of anilines is 1. The quantitative estimate of drug-likeness (QED) is 0.871. The van der Waals surface area contributed by atoms with Gasteiger partial charge >= 0.3 is 0 Å². The fourth-order valence-corrected chi connectivity index (χ4v) is 4.80. The lowest BCUT2D eigenvalue weighted by molar-refractivity contribution is -0.124. The molecule has 0 radical (unpaired) electrons. The average Bonchev–Trinajstić information content (AvgIpc) is 3.25. The third kappa shape index (κ3) is 2.56. The number of aliphatic hydroxyl groups is 1. The summed E-state index contributed by atoms with van der Waals surface area (Å²) in [5.41, 5.74) is 2.67. The predicted molar refractivity (Wildman–Crippen MR) is 103 cm³/mol. The minimum absolute atomic E-state index is 0.153. The van der Waals surface area contributed by atoms with Crippen molar-refractivity contribution in [2.45, 2.75) is 43.2 Å². The molecule has 2 aliphatic rings. The van der Waals surface area contributed by atoms with Crippen molar-refractivity contribution in [1.82, 2.24) is 5.32 Å². The summed E-state index contributed by atoms with van der Waals surface area (Å²) in [4.78, 5) is 15.6. The van der Waals surface area contributed by atoms with Crippen LogP contribution in [0.5, 0.6) is 0 Å². The molecule has 1 fully saturated rings. The lowest BCUT2D eigenvalue weighted by Crippen LogP contribution is -2.46. The van der Waals surface area contributed by atoms with Gasteiger partial charge in [-0.2, -0.15) is 0 Å². The smallest absolute Gasteiger partial charge is 0.238 e. The third-order valence-corrected chi connectivity index (χ3v) is 5.96. The van der Waals surface area contributed by atoms with E-state index in [4.69, 9.17) is 0 Å². The van der Waals surface area contributed by atoms with E-state index in [2.05, 4.69) is 11.4 Å². The highest BCUT2D eigenvalue weighted by Gasteiger charge is 2.54. The lowest BCUT2D eigenvalue weighted by atomic mass is 9.80. The van der Waals surface area contributed by atoms with E-state index in [9.17, 15) is 9.90 Å². The number of carbonyl (C=O) groups is 1. The van der Waals surface area contributed by atoms with E-state index in [0.717, 1.165) is 42.5 Å². The fourth-order valence-electron chi connectivity index (χ4n) is 4.80. The van der Waals surface area contributed by atoms with Crippen LogP contribution in [-0.2, 0) is 10.2 Å². The SMILES string of the molecule is CNCC(O)[C@H](c1ccccc1)N1C(=O)C2(CCCC2)c2ccccc21. The first kappa shape index (κ1) is 17.3. The molecule has 0 saturated heterocycles. The number of rotatable bonds is 5. The zero-order valence-corrected chi connectivity index (χ0v) is 15.2. The second-order valence-electron chi connectivity index (χ2n) is 7.46. The first-order chi connectivity index (χ1) is 12.7. The van der Waals surface area contributed by atoms with E-state index in [-0.39, 0.29) is 5.91 Å². The highest BCUT2D eigenvalue weighted by atomic mass is 16.3. The molecule has 2 aromatic rings. The topological polar surface area (TPSA) is 52.6 Å². The molecule has 1 aliphatic heterocycles. The molecule has 1 saturated carbocycles. The monoisotopic (exact) mass is 350 g/mol. The minimum atomic E-state index is -0.684. The maximum atomic E-state index is 13.7. The van der Waals surface area contributed by atoms with Gasteiger partial charge in [-0.1, -0.05) is 61.4 Å². The fraction of sp³-hybridized carbons (Fsp3) is 0.409. The number of nitrogens with one attached hydrogen (secondary N) is 1. The summed E-state index contributed by atoms with van der Waals surface area (Å²) in [6.07, 6.45) is 3.30. The molecule has 1 spiro atoms. The molecule has 1 aliphatic carbocycles. The zero-order chi connectivity index (χ0) is 18.1. The van der Waals surface area contributed by atoms with Crippen molar-refractivity contribution in [1.29, 1.82) is 0 Å². The number of amides is 1. The van der Waals surface area contributed by atoms with Crippen LogP contribution in [0.4, 0.5) is 5.69 Å². The summed E-state index contributed by atoms with van der Waals surface area (Å²) in [6.45, 7) is 0.429. The van der Waals surface area contributed by atoms with Gasteiger partial charge in [-0.15, -0.1) is 0 Å². The van der Waals surface area contributed by atoms with Crippen LogP contribution in [0.3, 0.4) is 0 Å². The van der Waals surface area contributed by atoms with Crippen LogP contribution in [0.1, 0.15) is 42.9 Å². The van der Waals surface area contributed by atoms with Crippen LogP contribution in [0.15, 0.2) is 54.6 Å². The number of hydrogen-bond acceptors (Lipinski definition) is 3.